The van der Waals surface area contributed by atoms with Crippen LogP contribution in [0.1, 0.15) is 37.8 Å². The molecular formula is C10H15N3O. The number of carbonyl (C=O) groups is 1. The molecule has 1 atom stereocenters. The lowest BCUT2D eigenvalue weighted by molar-refractivity contribution is -0.128. The van der Waals surface area contributed by atoms with E-state index >= 15 is 0 Å². The van der Waals surface area contributed by atoms with E-state index in [9.17, 15) is 4.79 Å². The van der Waals surface area contributed by atoms with Gasteiger partial charge in [-0.3, -0.25) is 9.89 Å². The summed E-state index contributed by atoms with van der Waals surface area (Å²) in [5.41, 5.74) is 1.03. The van der Waals surface area contributed by atoms with Crippen LogP contribution in [0.3, 0.4) is 0 Å². The zero-order valence-corrected chi connectivity index (χ0v) is 8.29. The molecule has 1 unspecified atom stereocenters. The van der Waals surface area contributed by atoms with Gasteiger partial charge >= 0.3 is 0 Å². The van der Waals surface area contributed by atoms with Gasteiger partial charge in [0.15, 0.2) is 0 Å². The molecule has 1 aliphatic carbocycles. The monoisotopic (exact) mass is 193 g/mol. The minimum Gasteiger partial charge on any atom is -0.349 e. The maximum Gasteiger partial charge on any atom is 0.223 e. The Hall–Kier alpha value is -1.32. The molecular weight excluding hydrogens is 178 g/mol. The van der Waals surface area contributed by atoms with Crippen LogP contribution in [0, 0.1) is 5.92 Å². The molecule has 2 N–H and O–H groups in total. The molecule has 0 aromatic carbocycles. The van der Waals surface area contributed by atoms with Gasteiger partial charge in [-0.25, -0.2) is 0 Å². The van der Waals surface area contributed by atoms with Crippen LogP contribution in [-0.4, -0.2) is 16.1 Å². The van der Waals surface area contributed by atoms with Crippen LogP contribution in [0.4, 0.5) is 0 Å². The fourth-order valence-electron chi connectivity index (χ4n) is 1.58. The zero-order valence-electron chi connectivity index (χ0n) is 8.29. The highest BCUT2D eigenvalue weighted by Gasteiger charge is 2.26. The Morgan fingerprint density at radius 3 is 3.00 bits per heavy atom. The highest BCUT2D eigenvalue weighted by Crippen LogP contribution is 2.27. The first-order valence-corrected chi connectivity index (χ1v) is 5.06. The summed E-state index contributed by atoms with van der Waals surface area (Å²) in [5, 5.41) is 9.58. The summed E-state index contributed by atoms with van der Waals surface area (Å²) in [5.74, 6) is 0.439. The van der Waals surface area contributed by atoms with Crippen molar-refractivity contribution in [1.29, 1.82) is 0 Å². The van der Waals surface area contributed by atoms with Crippen molar-refractivity contribution in [2.24, 2.45) is 5.92 Å². The number of nitrogens with one attached hydrogen (secondary N) is 2. The molecule has 1 aromatic rings. The summed E-state index contributed by atoms with van der Waals surface area (Å²) in [6, 6.07) is 0.0573. The van der Waals surface area contributed by atoms with Gasteiger partial charge in [-0.05, 0) is 19.8 Å². The minimum absolute atomic E-state index is 0.0573. The van der Waals surface area contributed by atoms with E-state index in [1.165, 1.54) is 6.42 Å². The second kappa shape index (κ2) is 3.82. The fourth-order valence-corrected chi connectivity index (χ4v) is 1.58. The average Bonchev–Trinajstić information content (AvgIpc) is 2.51. The number of hydrogen-bond acceptors (Lipinski definition) is 2. The third-order valence-electron chi connectivity index (χ3n) is 2.85. The predicted octanol–water partition coefficient (Wildman–Crippen LogP) is 1.39. The van der Waals surface area contributed by atoms with Crippen LogP contribution < -0.4 is 5.32 Å². The number of carbonyl (C=O) groups excluding carboxylic acids is 1. The predicted molar refractivity (Wildman–Crippen MR) is 52.5 cm³/mol. The molecule has 14 heavy (non-hydrogen) atoms. The van der Waals surface area contributed by atoms with Crippen molar-refractivity contribution >= 4 is 5.91 Å². The van der Waals surface area contributed by atoms with E-state index in [1.54, 1.807) is 6.20 Å². The van der Waals surface area contributed by atoms with Crippen molar-refractivity contribution in [3.8, 4) is 0 Å². The summed E-state index contributed by atoms with van der Waals surface area (Å²) in [6.07, 6.45) is 6.84. The Morgan fingerprint density at radius 2 is 2.50 bits per heavy atom. The fraction of sp³-hybridized carbons (Fsp3) is 0.600. The molecule has 0 bridgehead atoms. The van der Waals surface area contributed by atoms with Gasteiger partial charge in [0.25, 0.3) is 0 Å². The molecule has 1 fully saturated rings. The first-order valence-electron chi connectivity index (χ1n) is 5.06. The Labute approximate surface area is 83.1 Å². The van der Waals surface area contributed by atoms with Crippen molar-refractivity contribution in [3.05, 3.63) is 18.0 Å². The van der Waals surface area contributed by atoms with E-state index in [2.05, 4.69) is 15.5 Å². The van der Waals surface area contributed by atoms with Gasteiger partial charge in [-0.15, -0.1) is 0 Å². The van der Waals surface area contributed by atoms with Gasteiger partial charge in [0.2, 0.25) is 5.91 Å². The second-order valence-corrected chi connectivity index (χ2v) is 3.89. The van der Waals surface area contributed by atoms with Crippen LogP contribution in [0.15, 0.2) is 12.4 Å². The topological polar surface area (TPSA) is 57.8 Å². The molecule has 0 radical (unpaired) electrons. The summed E-state index contributed by atoms with van der Waals surface area (Å²) < 4.78 is 0. The molecule has 1 aliphatic rings. The lowest BCUT2D eigenvalue weighted by Crippen LogP contribution is -2.35. The molecule has 1 heterocycles. The molecule has 76 valence electrons. The maximum atomic E-state index is 11.6. The third-order valence-corrected chi connectivity index (χ3v) is 2.85. The van der Waals surface area contributed by atoms with Crippen molar-refractivity contribution in [3.63, 3.8) is 0 Å². The van der Waals surface area contributed by atoms with Gasteiger partial charge < -0.3 is 5.32 Å². The lowest BCUT2D eigenvalue weighted by Gasteiger charge is -2.25. The van der Waals surface area contributed by atoms with E-state index in [1.807, 2.05) is 13.1 Å². The molecule has 1 saturated carbocycles. The number of aromatic nitrogens is 2. The van der Waals surface area contributed by atoms with Crippen LogP contribution in [-0.2, 0) is 4.79 Å². The molecule has 0 saturated heterocycles. The largest absolute Gasteiger partial charge is 0.349 e. The van der Waals surface area contributed by atoms with E-state index in [0.717, 1.165) is 18.4 Å². The van der Waals surface area contributed by atoms with Gasteiger partial charge in [0.1, 0.15) is 0 Å². The third kappa shape index (κ3) is 1.78. The first-order chi connectivity index (χ1) is 6.77. The second-order valence-electron chi connectivity index (χ2n) is 3.89. The van der Waals surface area contributed by atoms with Gasteiger partial charge in [-0.1, -0.05) is 6.42 Å². The van der Waals surface area contributed by atoms with E-state index in [4.69, 9.17) is 0 Å². The standard InChI is InChI=1S/C10H15N3O/c1-7(9-5-11-12-6-9)13-10(14)8-3-2-4-8/h5-8H,2-4H2,1H3,(H,11,12)(H,13,14). The minimum atomic E-state index is 0.0573. The number of H-pyrrole nitrogens is 1. The van der Waals surface area contributed by atoms with Crippen LogP contribution in [0.25, 0.3) is 0 Å². The van der Waals surface area contributed by atoms with E-state index in [0.29, 0.717) is 0 Å². The van der Waals surface area contributed by atoms with Gasteiger partial charge in [-0.2, -0.15) is 5.10 Å². The smallest absolute Gasteiger partial charge is 0.223 e. The maximum absolute atomic E-state index is 11.6. The Kier molecular flexibility index (Phi) is 2.52. The highest BCUT2D eigenvalue weighted by atomic mass is 16.1. The summed E-state index contributed by atoms with van der Waals surface area (Å²) >= 11 is 0. The summed E-state index contributed by atoms with van der Waals surface area (Å²) in [7, 11) is 0. The van der Waals surface area contributed by atoms with Crippen LogP contribution in [0.5, 0.6) is 0 Å². The first kappa shape index (κ1) is 9.24. The number of amides is 1. The van der Waals surface area contributed by atoms with Crippen molar-refractivity contribution in [1.82, 2.24) is 15.5 Å². The Morgan fingerprint density at radius 1 is 1.71 bits per heavy atom. The van der Waals surface area contributed by atoms with Crippen LogP contribution in [0.2, 0.25) is 0 Å². The number of aromatic amines is 1. The molecule has 4 heteroatoms. The van der Waals surface area contributed by atoms with Crippen molar-refractivity contribution < 1.29 is 4.79 Å². The summed E-state index contributed by atoms with van der Waals surface area (Å²) in [4.78, 5) is 11.6. The zero-order chi connectivity index (χ0) is 9.97. The quantitative estimate of drug-likeness (QED) is 0.762. The van der Waals surface area contributed by atoms with E-state index in [-0.39, 0.29) is 17.9 Å². The van der Waals surface area contributed by atoms with Gasteiger partial charge in [0.05, 0.1) is 12.2 Å². The molecule has 4 nitrogen and oxygen atoms in total. The molecule has 0 spiro atoms. The van der Waals surface area contributed by atoms with E-state index < -0.39 is 0 Å². The SMILES string of the molecule is CC(NC(=O)C1CCC1)c1cn[nH]c1. The number of nitrogens with zero attached hydrogens (tertiary/aromatic N) is 1. The molecule has 1 amide bonds. The Bertz CT molecular complexity index is 303. The Balaban J connectivity index is 1.87. The molecule has 2 rings (SSSR count). The number of rotatable bonds is 3. The van der Waals surface area contributed by atoms with Crippen molar-refractivity contribution in [2.45, 2.75) is 32.2 Å². The highest BCUT2D eigenvalue weighted by molar-refractivity contribution is 5.79. The van der Waals surface area contributed by atoms with Crippen LogP contribution >= 0.6 is 0 Å². The lowest BCUT2D eigenvalue weighted by atomic mass is 9.84. The molecule has 1 aromatic heterocycles. The van der Waals surface area contributed by atoms with Crippen molar-refractivity contribution in [2.75, 3.05) is 0 Å². The average molecular weight is 193 g/mol. The number of hydrogen-bond donors (Lipinski definition) is 2. The summed E-state index contributed by atoms with van der Waals surface area (Å²) in [6.45, 7) is 1.97. The molecule has 0 aliphatic heterocycles. The van der Waals surface area contributed by atoms with Gasteiger partial charge in [0, 0.05) is 17.7 Å². The normalized spacial score (nSPS) is 18.6.